The van der Waals surface area contributed by atoms with E-state index in [9.17, 15) is 9.59 Å². The Labute approximate surface area is 360 Å². The Hall–Kier alpha value is -6.77. The number of aromatic amines is 2. The molecule has 10 rings (SSSR count). The summed E-state index contributed by atoms with van der Waals surface area (Å²) in [6.07, 6.45) is 1.64. The van der Waals surface area contributed by atoms with Gasteiger partial charge in [0, 0.05) is 62.4 Å². The molecule has 0 bridgehead atoms. The van der Waals surface area contributed by atoms with Crippen LogP contribution in [0.1, 0.15) is 77.6 Å². The maximum Gasteiger partial charge on any atom is 0.254 e. The minimum absolute atomic E-state index is 0.0253. The number of nitrogens with zero attached hydrogens (tertiary/aromatic N) is 2. The summed E-state index contributed by atoms with van der Waals surface area (Å²) in [4.78, 5) is 38.5. The van der Waals surface area contributed by atoms with Gasteiger partial charge in [0.15, 0.2) is 0 Å². The zero-order valence-corrected chi connectivity index (χ0v) is 35.4. The number of hydrogen-bond donors (Lipinski definition) is 2. The smallest absolute Gasteiger partial charge is 0.254 e. The summed E-state index contributed by atoms with van der Waals surface area (Å²) in [5.74, 6) is 1.65. The average Bonchev–Trinajstić information content (AvgIpc) is 3.88. The quantitative estimate of drug-likeness (QED) is 0.175. The van der Waals surface area contributed by atoms with Crippen LogP contribution in [0.25, 0.3) is 21.8 Å². The van der Waals surface area contributed by atoms with Crippen LogP contribution in [0.3, 0.4) is 0 Å². The number of carbonyl (C=O) groups excluding carboxylic acids is 2. The van der Waals surface area contributed by atoms with Crippen LogP contribution in [0.15, 0.2) is 140 Å². The van der Waals surface area contributed by atoms with Gasteiger partial charge in [-0.15, -0.1) is 0 Å². The van der Waals surface area contributed by atoms with Crippen molar-refractivity contribution in [3.05, 3.63) is 200 Å². The standard InChI is InChI=1S/C27H26N2O2.C25H21ClN2O2/c1-17-7-6-9-21(18(17)2)27(30)29-16-15-23-22-8-4-5-10-24(22)28-25(23)26(29)19-11-13-20(31-3)14-12-19;1-30-19-11-9-16(10-12-19)24-23-21(20-7-2-3-8-22(20)27-23)13-14-28(24)25(29)17-5-4-6-18(26)15-17/h4-14,26,28H,15-16H2,1-3H3;2-12,15,24,27H,13-14H2,1H3. The highest BCUT2D eigenvalue weighted by molar-refractivity contribution is 6.31. The number of carbonyl (C=O) groups is 2. The third-order valence-electron chi connectivity index (χ3n) is 12.4. The van der Waals surface area contributed by atoms with Gasteiger partial charge in [0.1, 0.15) is 11.5 Å². The Balaban J connectivity index is 0.000000156. The highest BCUT2D eigenvalue weighted by atomic mass is 35.5. The van der Waals surface area contributed by atoms with Crippen LogP contribution in [0, 0.1) is 13.8 Å². The van der Waals surface area contributed by atoms with E-state index in [0.29, 0.717) is 23.7 Å². The number of fused-ring (bicyclic) bond motifs is 6. The van der Waals surface area contributed by atoms with E-state index in [1.165, 1.54) is 21.9 Å². The lowest BCUT2D eigenvalue weighted by molar-refractivity contribution is 0.0684. The lowest BCUT2D eigenvalue weighted by Gasteiger charge is -2.36. The van der Waals surface area contributed by atoms with Crippen LogP contribution in [0.4, 0.5) is 0 Å². The number of ether oxygens (including phenoxy) is 2. The third-order valence-corrected chi connectivity index (χ3v) is 12.6. The number of methoxy groups -OCH3 is 2. The predicted octanol–water partition coefficient (Wildman–Crippen LogP) is 11.2. The minimum atomic E-state index is -0.210. The fourth-order valence-corrected chi connectivity index (χ4v) is 9.30. The topological polar surface area (TPSA) is 90.7 Å². The first-order valence-corrected chi connectivity index (χ1v) is 21.0. The molecule has 0 radical (unpaired) electrons. The highest BCUT2D eigenvalue weighted by Crippen LogP contribution is 2.41. The molecule has 8 aromatic rings. The second-order valence-corrected chi connectivity index (χ2v) is 16.2. The molecule has 2 aliphatic rings. The molecule has 6 aromatic carbocycles. The van der Waals surface area contributed by atoms with Gasteiger partial charge in [-0.05, 0) is 121 Å². The summed E-state index contributed by atoms with van der Waals surface area (Å²) in [6.45, 7) is 5.40. The molecule has 306 valence electrons. The lowest BCUT2D eigenvalue weighted by atomic mass is 9.91. The monoisotopic (exact) mass is 826 g/mol. The maximum atomic E-state index is 13.8. The molecule has 4 heterocycles. The van der Waals surface area contributed by atoms with Gasteiger partial charge in [0.2, 0.25) is 0 Å². The summed E-state index contributed by atoms with van der Waals surface area (Å²) in [5, 5.41) is 3.03. The van der Waals surface area contributed by atoms with Crippen LogP contribution >= 0.6 is 11.6 Å². The Bertz CT molecular complexity index is 2900. The number of rotatable bonds is 6. The van der Waals surface area contributed by atoms with Gasteiger partial charge in [0.25, 0.3) is 11.8 Å². The second kappa shape index (κ2) is 16.7. The number of hydrogen-bond acceptors (Lipinski definition) is 4. The summed E-state index contributed by atoms with van der Waals surface area (Å²) < 4.78 is 10.7. The Morgan fingerprint density at radius 1 is 0.590 bits per heavy atom. The van der Waals surface area contributed by atoms with Gasteiger partial charge in [-0.1, -0.05) is 90.5 Å². The Morgan fingerprint density at radius 3 is 1.59 bits per heavy atom. The molecule has 9 heteroatoms. The van der Waals surface area contributed by atoms with E-state index < -0.39 is 0 Å². The Kier molecular flexibility index (Phi) is 10.9. The lowest BCUT2D eigenvalue weighted by Crippen LogP contribution is -2.41. The van der Waals surface area contributed by atoms with Crippen molar-refractivity contribution in [1.29, 1.82) is 0 Å². The number of aryl methyl sites for hydroxylation is 1. The van der Waals surface area contributed by atoms with E-state index in [2.05, 4.69) is 71.5 Å². The molecule has 2 atom stereocenters. The molecule has 2 unspecified atom stereocenters. The maximum absolute atomic E-state index is 13.8. The predicted molar refractivity (Wildman–Crippen MR) is 243 cm³/mol. The van der Waals surface area contributed by atoms with Crippen LogP contribution in [0.2, 0.25) is 5.02 Å². The Morgan fingerprint density at radius 2 is 1.08 bits per heavy atom. The van der Waals surface area contributed by atoms with E-state index in [1.807, 2.05) is 89.5 Å². The molecule has 0 saturated heterocycles. The second-order valence-electron chi connectivity index (χ2n) is 15.7. The van der Waals surface area contributed by atoms with Gasteiger partial charge in [-0.3, -0.25) is 9.59 Å². The first kappa shape index (κ1) is 39.7. The molecule has 0 fully saturated rings. The van der Waals surface area contributed by atoms with Crippen LogP contribution in [0.5, 0.6) is 11.5 Å². The minimum Gasteiger partial charge on any atom is -0.497 e. The van der Waals surface area contributed by atoms with Crippen molar-refractivity contribution in [2.45, 2.75) is 38.8 Å². The summed E-state index contributed by atoms with van der Waals surface area (Å²) in [6, 6.07) is 45.4. The number of H-pyrrole nitrogens is 2. The van der Waals surface area contributed by atoms with Crippen molar-refractivity contribution in [2.75, 3.05) is 27.3 Å². The van der Waals surface area contributed by atoms with Gasteiger partial charge >= 0.3 is 0 Å². The number of aromatic nitrogens is 2. The highest BCUT2D eigenvalue weighted by Gasteiger charge is 2.37. The van der Waals surface area contributed by atoms with Crippen molar-refractivity contribution in [3.8, 4) is 11.5 Å². The summed E-state index contributed by atoms with van der Waals surface area (Å²) in [7, 11) is 3.32. The van der Waals surface area contributed by atoms with Crippen molar-refractivity contribution in [3.63, 3.8) is 0 Å². The van der Waals surface area contributed by atoms with Gasteiger partial charge in [-0.25, -0.2) is 0 Å². The molecule has 2 aromatic heterocycles. The van der Waals surface area contributed by atoms with E-state index >= 15 is 0 Å². The van der Waals surface area contributed by atoms with Crippen molar-refractivity contribution in [1.82, 2.24) is 19.8 Å². The van der Waals surface area contributed by atoms with E-state index in [1.54, 1.807) is 26.4 Å². The molecular formula is C52H47ClN4O4. The largest absolute Gasteiger partial charge is 0.497 e. The number of amides is 2. The zero-order chi connectivity index (χ0) is 42.2. The number of halogens is 1. The number of benzene rings is 6. The van der Waals surface area contributed by atoms with Gasteiger partial charge in [0.05, 0.1) is 26.3 Å². The van der Waals surface area contributed by atoms with Crippen molar-refractivity contribution >= 4 is 45.2 Å². The van der Waals surface area contributed by atoms with E-state index in [-0.39, 0.29) is 23.9 Å². The number of nitrogens with one attached hydrogen (secondary N) is 2. The first-order valence-electron chi connectivity index (χ1n) is 20.6. The molecule has 0 saturated carbocycles. The fourth-order valence-electron chi connectivity index (χ4n) is 9.11. The molecule has 8 nitrogen and oxygen atoms in total. The molecule has 2 aliphatic heterocycles. The molecule has 0 aliphatic carbocycles. The van der Waals surface area contributed by atoms with Crippen LogP contribution < -0.4 is 9.47 Å². The van der Waals surface area contributed by atoms with Gasteiger partial charge in [-0.2, -0.15) is 0 Å². The molecule has 2 N–H and O–H groups in total. The molecule has 0 spiro atoms. The first-order chi connectivity index (χ1) is 29.7. The summed E-state index contributed by atoms with van der Waals surface area (Å²) in [5.41, 5.74) is 12.6. The zero-order valence-electron chi connectivity index (χ0n) is 34.7. The SMILES string of the molecule is COc1ccc(C2c3[nH]c4ccccc4c3CCN2C(=O)c2cccc(C)c2C)cc1.COc1ccc(C2c3[nH]c4ccccc4c3CCN2C(=O)c2cccc(Cl)c2)cc1. The molecule has 2 amide bonds. The number of para-hydroxylation sites is 2. The van der Waals surface area contributed by atoms with Crippen molar-refractivity contribution in [2.24, 2.45) is 0 Å². The molecule has 61 heavy (non-hydrogen) atoms. The van der Waals surface area contributed by atoms with Crippen LogP contribution in [-0.2, 0) is 12.8 Å². The average molecular weight is 827 g/mol. The third kappa shape index (κ3) is 7.42. The van der Waals surface area contributed by atoms with Gasteiger partial charge < -0.3 is 29.2 Å². The summed E-state index contributed by atoms with van der Waals surface area (Å²) >= 11 is 6.16. The van der Waals surface area contributed by atoms with E-state index in [0.717, 1.165) is 74.6 Å². The fraction of sp³-hybridized carbons (Fsp3) is 0.192. The molecular weight excluding hydrogens is 780 g/mol. The van der Waals surface area contributed by atoms with Crippen molar-refractivity contribution < 1.29 is 19.1 Å². The van der Waals surface area contributed by atoms with E-state index in [4.69, 9.17) is 21.1 Å². The normalized spacial score (nSPS) is 15.8. The van der Waals surface area contributed by atoms with Crippen LogP contribution in [-0.4, -0.2) is 58.9 Å².